The Labute approximate surface area is 285 Å². The molecule has 0 amide bonds. The van der Waals surface area contributed by atoms with E-state index in [1.165, 1.54) is 59.6 Å². The maximum absolute atomic E-state index is 6.93. The molecule has 12 aromatic rings. The van der Waals surface area contributed by atoms with Crippen molar-refractivity contribution < 1.29 is 8.83 Å². The molecule has 0 atom stereocenters. The van der Waals surface area contributed by atoms with Crippen LogP contribution in [0.4, 0.5) is 0 Å². The molecule has 2 heterocycles. The summed E-state index contributed by atoms with van der Waals surface area (Å²) in [5, 5.41) is 16.9. The lowest BCUT2D eigenvalue weighted by atomic mass is 9.87. The van der Waals surface area contributed by atoms with E-state index < -0.39 is 0 Å². The molecule has 0 saturated heterocycles. The van der Waals surface area contributed by atoms with E-state index in [0.29, 0.717) is 0 Å². The van der Waals surface area contributed by atoms with Crippen LogP contribution in [-0.4, -0.2) is 0 Å². The summed E-state index contributed by atoms with van der Waals surface area (Å²) in [6, 6.07) is 57.1. The molecule has 0 spiro atoms. The summed E-state index contributed by atoms with van der Waals surface area (Å²) >= 11 is 0. The normalized spacial score (nSPS) is 12.4. The first kappa shape index (κ1) is 26.3. The fourth-order valence-electron chi connectivity index (χ4n) is 8.66. The molecule has 50 heavy (non-hydrogen) atoms. The molecule has 2 nitrogen and oxygen atoms in total. The van der Waals surface area contributed by atoms with E-state index in [1.54, 1.807) is 0 Å². The van der Waals surface area contributed by atoms with Gasteiger partial charge in [-0.25, -0.2) is 0 Å². The topological polar surface area (TPSA) is 26.3 Å². The summed E-state index contributed by atoms with van der Waals surface area (Å²) in [7, 11) is 0. The summed E-state index contributed by atoms with van der Waals surface area (Å²) in [6.45, 7) is 0. The molecule has 0 aliphatic carbocycles. The Bertz CT molecular complexity index is 3360. The van der Waals surface area contributed by atoms with Crippen LogP contribution in [0.3, 0.4) is 0 Å². The lowest BCUT2D eigenvalue weighted by molar-refractivity contribution is 0.670. The molecule has 2 heteroatoms. The van der Waals surface area contributed by atoms with Crippen molar-refractivity contribution in [2.24, 2.45) is 0 Å². The summed E-state index contributed by atoms with van der Waals surface area (Å²) in [6.07, 6.45) is 0. The molecule has 0 saturated carbocycles. The van der Waals surface area contributed by atoms with Crippen molar-refractivity contribution in [3.63, 3.8) is 0 Å². The van der Waals surface area contributed by atoms with Gasteiger partial charge in [0.15, 0.2) is 0 Å². The first-order valence-electron chi connectivity index (χ1n) is 17.2. The van der Waals surface area contributed by atoms with E-state index in [1.807, 2.05) is 0 Å². The maximum atomic E-state index is 6.93. The first-order valence-corrected chi connectivity index (χ1v) is 17.2. The summed E-state index contributed by atoms with van der Waals surface area (Å²) in [5.74, 6) is 0. The average molecular weight is 635 g/mol. The van der Waals surface area contributed by atoms with Gasteiger partial charge in [0, 0.05) is 32.5 Å². The molecule has 12 rings (SSSR count). The number of benzene rings is 10. The largest absolute Gasteiger partial charge is 0.455 e. The Kier molecular flexibility index (Phi) is 5.00. The smallest absolute Gasteiger partial charge is 0.143 e. The molecular weight excluding hydrogens is 609 g/mol. The van der Waals surface area contributed by atoms with Gasteiger partial charge in [0.2, 0.25) is 0 Å². The zero-order valence-corrected chi connectivity index (χ0v) is 26.8. The third-order valence-corrected chi connectivity index (χ3v) is 11.0. The number of rotatable bonds is 2. The molecule has 0 aliphatic heterocycles. The zero-order chi connectivity index (χ0) is 32.5. The van der Waals surface area contributed by atoms with Crippen molar-refractivity contribution in [1.82, 2.24) is 0 Å². The summed E-state index contributed by atoms with van der Waals surface area (Å²) in [4.78, 5) is 0. The monoisotopic (exact) mass is 634 g/mol. The third kappa shape index (κ3) is 3.47. The minimum Gasteiger partial charge on any atom is -0.455 e. The second-order valence-corrected chi connectivity index (χ2v) is 13.6. The Balaban J connectivity index is 1.16. The van der Waals surface area contributed by atoms with Gasteiger partial charge in [-0.1, -0.05) is 121 Å². The minimum absolute atomic E-state index is 0.875. The van der Waals surface area contributed by atoms with Crippen LogP contribution >= 0.6 is 0 Å². The average Bonchev–Trinajstić information content (AvgIpc) is 3.74. The van der Waals surface area contributed by atoms with Crippen LogP contribution in [0, 0.1) is 0 Å². The highest BCUT2D eigenvalue weighted by atomic mass is 16.3. The van der Waals surface area contributed by atoms with E-state index >= 15 is 0 Å². The highest BCUT2D eigenvalue weighted by molar-refractivity contribution is 6.28. The van der Waals surface area contributed by atoms with Gasteiger partial charge in [-0.3, -0.25) is 0 Å². The van der Waals surface area contributed by atoms with E-state index in [-0.39, 0.29) is 0 Å². The molecule has 0 aliphatic rings. The predicted molar refractivity (Wildman–Crippen MR) is 211 cm³/mol. The fraction of sp³-hybridized carbons (Fsp3) is 0. The van der Waals surface area contributed by atoms with Gasteiger partial charge in [0.1, 0.15) is 22.3 Å². The summed E-state index contributed by atoms with van der Waals surface area (Å²) in [5.41, 5.74) is 8.08. The molecule has 0 bridgehead atoms. The van der Waals surface area contributed by atoms with Crippen LogP contribution in [0.2, 0.25) is 0 Å². The van der Waals surface area contributed by atoms with E-state index in [9.17, 15) is 0 Å². The van der Waals surface area contributed by atoms with Crippen molar-refractivity contribution >= 4 is 97.7 Å². The van der Waals surface area contributed by atoms with Crippen LogP contribution < -0.4 is 0 Å². The Morgan fingerprint density at radius 1 is 0.280 bits per heavy atom. The SMILES string of the molecule is c1ccc2cc3c(cc2c1)oc1c(-c2ccc4c(c2)oc2c5ccccc5ccc42)ccc(-c2ccc4ccc5cccc6ccc2c4c56)c13. The molecule has 0 radical (unpaired) electrons. The number of hydrogen-bond acceptors (Lipinski definition) is 2. The Hall–Kier alpha value is -6.64. The number of fused-ring (bicyclic) bond motifs is 9. The third-order valence-electron chi connectivity index (χ3n) is 11.0. The molecule has 10 aromatic carbocycles. The quantitative estimate of drug-likeness (QED) is 0.177. The highest BCUT2D eigenvalue weighted by Gasteiger charge is 2.21. The highest BCUT2D eigenvalue weighted by Crippen LogP contribution is 2.47. The van der Waals surface area contributed by atoms with E-state index in [2.05, 4.69) is 158 Å². The van der Waals surface area contributed by atoms with Crippen LogP contribution in [0.5, 0.6) is 0 Å². The summed E-state index contributed by atoms with van der Waals surface area (Å²) < 4.78 is 13.5. The van der Waals surface area contributed by atoms with Gasteiger partial charge in [-0.15, -0.1) is 0 Å². The van der Waals surface area contributed by atoms with Gasteiger partial charge >= 0.3 is 0 Å². The number of furan rings is 2. The van der Waals surface area contributed by atoms with Gasteiger partial charge in [0.25, 0.3) is 0 Å². The van der Waals surface area contributed by atoms with Gasteiger partial charge in [-0.2, -0.15) is 0 Å². The second kappa shape index (κ2) is 9.49. The van der Waals surface area contributed by atoms with E-state index in [4.69, 9.17) is 8.83 Å². The molecule has 0 fully saturated rings. The Morgan fingerprint density at radius 3 is 1.76 bits per heavy atom. The lowest BCUT2D eigenvalue weighted by Gasteiger charge is -2.15. The predicted octanol–water partition coefficient (Wildman–Crippen LogP) is 14.0. The first-order chi connectivity index (χ1) is 24.8. The molecule has 230 valence electrons. The van der Waals surface area contributed by atoms with Gasteiger partial charge in [0.05, 0.1) is 0 Å². The molecule has 2 aromatic heterocycles. The van der Waals surface area contributed by atoms with Crippen molar-refractivity contribution in [1.29, 1.82) is 0 Å². The van der Waals surface area contributed by atoms with Crippen LogP contribution in [-0.2, 0) is 0 Å². The van der Waals surface area contributed by atoms with Gasteiger partial charge < -0.3 is 8.83 Å². The van der Waals surface area contributed by atoms with Crippen molar-refractivity contribution in [3.8, 4) is 22.3 Å². The molecular formula is C48H26O2. The van der Waals surface area contributed by atoms with Crippen LogP contribution in [0.15, 0.2) is 167 Å². The number of hydrogen-bond donors (Lipinski definition) is 0. The van der Waals surface area contributed by atoms with Gasteiger partial charge in [-0.05, 0) is 102 Å². The molecule has 0 N–H and O–H groups in total. The fourth-order valence-corrected chi connectivity index (χ4v) is 8.66. The van der Waals surface area contributed by atoms with Crippen molar-refractivity contribution in [2.75, 3.05) is 0 Å². The van der Waals surface area contributed by atoms with Crippen molar-refractivity contribution in [3.05, 3.63) is 158 Å². The maximum Gasteiger partial charge on any atom is 0.143 e. The van der Waals surface area contributed by atoms with Crippen LogP contribution in [0.25, 0.3) is 120 Å². The zero-order valence-electron chi connectivity index (χ0n) is 26.8. The standard InChI is InChI=1S/C48H26O2/c1-2-8-32-25-43-41(24-31(32)7-1)46-39(36-18-15-30-13-12-28-9-5-10-29-16-20-38(36)45(30)44(28)29)23-22-35(48(46)50-43)33-17-19-37-40-21-14-27-6-3-4-11-34(27)47(40)49-42(37)26-33/h1-26H. The second-order valence-electron chi connectivity index (χ2n) is 13.6. The Morgan fingerprint density at radius 2 is 0.880 bits per heavy atom. The minimum atomic E-state index is 0.875. The lowest BCUT2D eigenvalue weighted by Crippen LogP contribution is -1.89. The van der Waals surface area contributed by atoms with E-state index in [0.717, 1.165) is 60.4 Å². The van der Waals surface area contributed by atoms with Crippen molar-refractivity contribution in [2.45, 2.75) is 0 Å². The van der Waals surface area contributed by atoms with Crippen LogP contribution in [0.1, 0.15) is 0 Å². The molecule has 0 unspecified atom stereocenters.